The molecular weight excluding hydrogens is 310 g/mol. The van der Waals surface area contributed by atoms with Crippen LogP contribution in [0.4, 0.5) is 0 Å². The monoisotopic (exact) mass is 333 g/mol. The first-order valence-electron chi connectivity index (χ1n) is 8.00. The summed E-state index contributed by atoms with van der Waals surface area (Å²) in [6.45, 7) is 2.35. The standard InChI is InChI=1S/C18H23NO5/c1-3-4-5-15(18(21)22)19-17(20)14-9-8-13(23-2)10-16(14)24-11-12-6-7-12/h3-4,8-10,12,15H,5-7,11H2,1-2H3,(H,19,20)(H,21,22)/b4-3+. The summed E-state index contributed by atoms with van der Waals surface area (Å²) in [6.07, 6.45) is 5.95. The van der Waals surface area contributed by atoms with Crippen LogP contribution in [0.15, 0.2) is 30.4 Å². The fourth-order valence-electron chi connectivity index (χ4n) is 2.16. The first kappa shape index (κ1) is 17.8. The van der Waals surface area contributed by atoms with Crippen LogP contribution in [0, 0.1) is 5.92 Å². The van der Waals surface area contributed by atoms with Gasteiger partial charge < -0.3 is 19.9 Å². The van der Waals surface area contributed by atoms with Crippen molar-refractivity contribution in [3.05, 3.63) is 35.9 Å². The van der Waals surface area contributed by atoms with Gasteiger partial charge >= 0.3 is 5.97 Å². The summed E-state index contributed by atoms with van der Waals surface area (Å²) in [5, 5.41) is 11.8. The Balaban J connectivity index is 2.14. The van der Waals surface area contributed by atoms with Gasteiger partial charge in [-0.1, -0.05) is 12.2 Å². The quantitative estimate of drug-likeness (QED) is 0.679. The first-order chi connectivity index (χ1) is 11.5. The number of allylic oxidation sites excluding steroid dienone is 1. The summed E-state index contributed by atoms with van der Waals surface area (Å²) in [4.78, 5) is 23.8. The molecule has 0 radical (unpaired) electrons. The van der Waals surface area contributed by atoms with Crippen LogP contribution in [0.3, 0.4) is 0 Å². The molecule has 6 nitrogen and oxygen atoms in total. The highest BCUT2D eigenvalue weighted by Crippen LogP contribution is 2.31. The molecule has 0 saturated heterocycles. The lowest BCUT2D eigenvalue weighted by atomic mass is 10.1. The summed E-state index contributed by atoms with van der Waals surface area (Å²) < 4.78 is 10.9. The molecule has 0 spiro atoms. The van der Waals surface area contributed by atoms with Crippen molar-refractivity contribution >= 4 is 11.9 Å². The van der Waals surface area contributed by atoms with Gasteiger partial charge in [-0.25, -0.2) is 4.79 Å². The Morgan fingerprint density at radius 3 is 2.75 bits per heavy atom. The number of carboxylic acid groups (broad SMARTS) is 1. The average molecular weight is 333 g/mol. The number of carboxylic acids is 1. The van der Waals surface area contributed by atoms with Crippen molar-refractivity contribution in [2.24, 2.45) is 5.92 Å². The second-order valence-corrected chi connectivity index (χ2v) is 5.79. The Morgan fingerprint density at radius 2 is 2.17 bits per heavy atom. The van der Waals surface area contributed by atoms with E-state index in [1.165, 1.54) is 7.11 Å². The lowest BCUT2D eigenvalue weighted by molar-refractivity contribution is -0.139. The van der Waals surface area contributed by atoms with Crippen LogP contribution >= 0.6 is 0 Å². The molecule has 6 heteroatoms. The third-order valence-corrected chi connectivity index (χ3v) is 3.82. The molecule has 0 bridgehead atoms. The summed E-state index contributed by atoms with van der Waals surface area (Å²) in [5.41, 5.74) is 0.308. The molecule has 0 aromatic heterocycles. The van der Waals surface area contributed by atoms with Crippen molar-refractivity contribution in [1.82, 2.24) is 5.32 Å². The Hall–Kier alpha value is -2.50. The Bertz CT molecular complexity index is 622. The van der Waals surface area contributed by atoms with Gasteiger partial charge in [0, 0.05) is 6.07 Å². The van der Waals surface area contributed by atoms with Gasteiger partial charge in [-0.2, -0.15) is 0 Å². The fraction of sp³-hybridized carbons (Fsp3) is 0.444. The summed E-state index contributed by atoms with van der Waals surface area (Å²) in [7, 11) is 1.54. The number of rotatable bonds is 9. The molecule has 1 aromatic rings. The number of hydrogen-bond donors (Lipinski definition) is 2. The number of ether oxygens (including phenoxy) is 2. The Kier molecular flexibility index (Phi) is 6.23. The molecule has 1 aliphatic carbocycles. The molecule has 1 fully saturated rings. The maximum Gasteiger partial charge on any atom is 0.326 e. The number of carbonyl (C=O) groups is 2. The molecular formula is C18H23NO5. The van der Waals surface area contributed by atoms with E-state index in [4.69, 9.17) is 9.47 Å². The van der Waals surface area contributed by atoms with Crippen molar-refractivity contribution in [3.63, 3.8) is 0 Å². The highest BCUT2D eigenvalue weighted by atomic mass is 16.5. The topological polar surface area (TPSA) is 84.9 Å². The van der Waals surface area contributed by atoms with Crippen LogP contribution < -0.4 is 14.8 Å². The summed E-state index contributed by atoms with van der Waals surface area (Å²) >= 11 is 0. The maximum absolute atomic E-state index is 12.5. The average Bonchev–Trinajstić information content (AvgIpc) is 3.40. The molecule has 2 N–H and O–H groups in total. The lowest BCUT2D eigenvalue weighted by Crippen LogP contribution is -2.40. The van der Waals surface area contributed by atoms with Gasteiger partial charge in [0.2, 0.25) is 0 Å². The number of hydrogen-bond acceptors (Lipinski definition) is 4. The zero-order valence-electron chi connectivity index (χ0n) is 14.0. The van der Waals surface area contributed by atoms with E-state index in [0.717, 1.165) is 12.8 Å². The van der Waals surface area contributed by atoms with Crippen molar-refractivity contribution in [3.8, 4) is 11.5 Å². The van der Waals surface area contributed by atoms with Gasteiger partial charge in [-0.05, 0) is 44.2 Å². The van der Waals surface area contributed by atoms with E-state index >= 15 is 0 Å². The minimum absolute atomic E-state index is 0.228. The van der Waals surface area contributed by atoms with Crippen LogP contribution in [0.5, 0.6) is 11.5 Å². The van der Waals surface area contributed by atoms with Gasteiger partial charge in [0.25, 0.3) is 5.91 Å². The molecule has 2 rings (SSSR count). The molecule has 0 heterocycles. The van der Waals surface area contributed by atoms with Crippen molar-refractivity contribution < 1.29 is 24.2 Å². The van der Waals surface area contributed by atoms with E-state index in [2.05, 4.69) is 5.32 Å². The SMILES string of the molecule is C/C=C/CC(NC(=O)c1ccc(OC)cc1OCC1CC1)C(=O)O. The molecule has 1 atom stereocenters. The van der Waals surface area contributed by atoms with E-state index in [-0.39, 0.29) is 6.42 Å². The maximum atomic E-state index is 12.5. The normalized spacial score (nSPS) is 15.1. The molecule has 1 amide bonds. The predicted octanol–water partition coefficient (Wildman–Crippen LogP) is 2.63. The second kappa shape index (κ2) is 8.38. The number of amides is 1. The number of aliphatic carboxylic acids is 1. The van der Waals surface area contributed by atoms with Gasteiger partial charge in [0.1, 0.15) is 17.5 Å². The third kappa shape index (κ3) is 5.01. The number of benzene rings is 1. The van der Waals surface area contributed by atoms with Crippen LogP contribution in [0.2, 0.25) is 0 Å². The van der Waals surface area contributed by atoms with Crippen molar-refractivity contribution in [1.29, 1.82) is 0 Å². The third-order valence-electron chi connectivity index (χ3n) is 3.82. The minimum atomic E-state index is -1.07. The van der Waals surface area contributed by atoms with Gasteiger partial charge in [0.05, 0.1) is 19.3 Å². The van der Waals surface area contributed by atoms with E-state index in [1.54, 1.807) is 37.3 Å². The van der Waals surface area contributed by atoms with E-state index in [1.807, 2.05) is 0 Å². The van der Waals surface area contributed by atoms with Crippen LogP contribution in [0.1, 0.15) is 36.5 Å². The Labute approximate surface area is 141 Å². The molecule has 1 aliphatic rings. The highest BCUT2D eigenvalue weighted by Gasteiger charge is 2.25. The zero-order valence-corrected chi connectivity index (χ0v) is 14.0. The summed E-state index contributed by atoms with van der Waals surface area (Å²) in [6, 6.07) is 3.91. The second-order valence-electron chi connectivity index (χ2n) is 5.79. The zero-order chi connectivity index (χ0) is 17.5. The molecule has 24 heavy (non-hydrogen) atoms. The van der Waals surface area contributed by atoms with Gasteiger partial charge in [0.15, 0.2) is 0 Å². The molecule has 1 aromatic carbocycles. The van der Waals surface area contributed by atoms with E-state index in [0.29, 0.717) is 29.6 Å². The number of nitrogens with one attached hydrogen (secondary N) is 1. The largest absolute Gasteiger partial charge is 0.497 e. The molecule has 130 valence electrons. The number of carbonyl (C=O) groups excluding carboxylic acids is 1. The van der Waals surface area contributed by atoms with Crippen LogP contribution in [0.25, 0.3) is 0 Å². The predicted molar refractivity (Wildman–Crippen MR) is 89.5 cm³/mol. The van der Waals surface area contributed by atoms with E-state index in [9.17, 15) is 14.7 Å². The van der Waals surface area contributed by atoms with Crippen LogP contribution in [-0.4, -0.2) is 36.7 Å². The fourth-order valence-corrected chi connectivity index (χ4v) is 2.16. The first-order valence-corrected chi connectivity index (χ1v) is 8.00. The lowest BCUT2D eigenvalue weighted by Gasteiger charge is -2.16. The minimum Gasteiger partial charge on any atom is -0.497 e. The molecule has 1 unspecified atom stereocenters. The smallest absolute Gasteiger partial charge is 0.326 e. The van der Waals surface area contributed by atoms with Gasteiger partial charge in [-0.15, -0.1) is 0 Å². The number of methoxy groups -OCH3 is 1. The Morgan fingerprint density at radius 1 is 1.42 bits per heavy atom. The van der Waals surface area contributed by atoms with Crippen molar-refractivity contribution in [2.75, 3.05) is 13.7 Å². The van der Waals surface area contributed by atoms with E-state index < -0.39 is 17.9 Å². The van der Waals surface area contributed by atoms with Crippen LogP contribution in [-0.2, 0) is 4.79 Å². The van der Waals surface area contributed by atoms with Crippen molar-refractivity contribution in [2.45, 2.75) is 32.2 Å². The molecule has 1 saturated carbocycles. The van der Waals surface area contributed by atoms with Gasteiger partial charge in [-0.3, -0.25) is 4.79 Å². The molecule has 0 aliphatic heterocycles. The highest BCUT2D eigenvalue weighted by molar-refractivity contribution is 5.99. The summed E-state index contributed by atoms with van der Waals surface area (Å²) in [5.74, 6) is -0.0145.